The standard InChI is InChI=1S/C21H33N5O2.HI/c1-4-22-21(23-12-7-15-26-16-8-13-25-26)24-14-11-18-9-10-19(27-5-2)20(17-18)28-6-3;/h8-10,13,16-17H,4-7,11-12,14-15H2,1-3H3,(H2,22,23,24);1H. The number of benzene rings is 1. The number of aliphatic imine (C=N–C) groups is 1. The molecule has 29 heavy (non-hydrogen) atoms. The molecule has 0 amide bonds. The number of hydrogen-bond acceptors (Lipinski definition) is 4. The molecule has 2 N–H and O–H groups in total. The molecule has 0 fully saturated rings. The Morgan fingerprint density at radius 1 is 1.10 bits per heavy atom. The van der Waals surface area contributed by atoms with Crippen molar-refractivity contribution in [2.24, 2.45) is 4.99 Å². The van der Waals surface area contributed by atoms with E-state index >= 15 is 0 Å². The van der Waals surface area contributed by atoms with Crippen LogP contribution >= 0.6 is 24.0 Å². The molecule has 0 saturated carbocycles. The highest BCUT2D eigenvalue weighted by Crippen LogP contribution is 2.28. The fourth-order valence-corrected chi connectivity index (χ4v) is 2.77. The van der Waals surface area contributed by atoms with E-state index in [1.54, 1.807) is 6.20 Å². The molecule has 0 aliphatic heterocycles. The zero-order valence-corrected chi connectivity index (χ0v) is 20.0. The summed E-state index contributed by atoms with van der Waals surface area (Å²) in [6, 6.07) is 8.07. The monoisotopic (exact) mass is 515 g/mol. The first-order valence-electron chi connectivity index (χ1n) is 10.1. The molecule has 0 unspecified atom stereocenters. The number of guanidine groups is 1. The van der Waals surface area contributed by atoms with Gasteiger partial charge in [0, 0.05) is 38.6 Å². The van der Waals surface area contributed by atoms with Gasteiger partial charge >= 0.3 is 0 Å². The van der Waals surface area contributed by atoms with Crippen molar-refractivity contribution in [2.75, 3.05) is 32.8 Å². The Labute approximate surface area is 191 Å². The Balaban J connectivity index is 0.00000420. The maximum Gasteiger partial charge on any atom is 0.191 e. The van der Waals surface area contributed by atoms with Crippen LogP contribution in [0.3, 0.4) is 0 Å². The lowest BCUT2D eigenvalue weighted by Crippen LogP contribution is -2.38. The van der Waals surface area contributed by atoms with Crippen LogP contribution in [0.5, 0.6) is 11.5 Å². The Bertz CT molecular complexity index is 707. The molecule has 0 aliphatic carbocycles. The van der Waals surface area contributed by atoms with E-state index in [-0.39, 0.29) is 24.0 Å². The van der Waals surface area contributed by atoms with Crippen molar-refractivity contribution in [3.63, 3.8) is 0 Å². The third-order valence-corrected chi connectivity index (χ3v) is 4.03. The summed E-state index contributed by atoms with van der Waals surface area (Å²) in [6.07, 6.45) is 5.60. The van der Waals surface area contributed by atoms with E-state index in [9.17, 15) is 0 Å². The summed E-state index contributed by atoms with van der Waals surface area (Å²) in [5, 5.41) is 10.9. The lowest BCUT2D eigenvalue weighted by Gasteiger charge is -2.14. The molecule has 162 valence electrons. The van der Waals surface area contributed by atoms with Crippen LogP contribution in [0.4, 0.5) is 0 Å². The average Bonchev–Trinajstić information content (AvgIpc) is 3.21. The summed E-state index contributed by atoms with van der Waals surface area (Å²) in [5.74, 6) is 2.45. The Hall–Kier alpha value is -1.97. The van der Waals surface area contributed by atoms with Crippen molar-refractivity contribution in [2.45, 2.75) is 40.2 Å². The van der Waals surface area contributed by atoms with Gasteiger partial charge in [0.1, 0.15) is 0 Å². The second-order valence-electron chi connectivity index (χ2n) is 6.21. The fourth-order valence-electron chi connectivity index (χ4n) is 2.77. The number of rotatable bonds is 12. The Kier molecular flexibility index (Phi) is 12.9. The topological polar surface area (TPSA) is 72.7 Å². The van der Waals surface area contributed by atoms with Gasteiger partial charge < -0.3 is 20.1 Å². The number of hydrogen-bond donors (Lipinski definition) is 2. The van der Waals surface area contributed by atoms with Gasteiger partial charge in [-0.2, -0.15) is 5.10 Å². The van der Waals surface area contributed by atoms with Crippen LogP contribution in [-0.4, -0.2) is 48.6 Å². The molecule has 1 aromatic carbocycles. The molecule has 0 saturated heterocycles. The Morgan fingerprint density at radius 3 is 2.59 bits per heavy atom. The van der Waals surface area contributed by atoms with Gasteiger partial charge in [-0.1, -0.05) is 6.07 Å². The summed E-state index contributed by atoms with van der Waals surface area (Å²) in [6.45, 7) is 10.5. The second kappa shape index (κ2) is 14.9. The van der Waals surface area contributed by atoms with Crippen LogP contribution in [0.25, 0.3) is 0 Å². The van der Waals surface area contributed by atoms with Crippen molar-refractivity contribution in [1.29, 1.82) is 0 Å². The maximum atomic E-state index is 5.70. The van der Waals surface area contributed by atoms with Gasteiger partial charge in [-0.15, -0.1) is 24.0 Å². The minimum atomic E-state index is 0. The Morgan fingerprint density at radius 2 is 1.90 bits per heavy atom. The summed E-state index contributed by atoms with van der Waals surface area (Å²) in [7, 11) is 0. The van der Waals surface area contributed by atoms with Gasteiger partial charge in [-0.25, -0.2) is 0 Å². The molecule has 0 radical (unpaired) electrons. The van der Waals surface area contributed by atoms with Crippen molar-refractivity contribution in [3.8, 4) is 11.5 Å². The first-order chi connectivity index (χ1) is 13.8. The van der Waals surface area contributed by atoms with Gasteiger partial charge in [0.05, 0.1) is 13.2 Å². The summed E-state index contributed by atoms with van der Waals surface area (Å²) < 4.78 is 13.3. The van der Waals surface area contributed by atoms with E-state index in [0.29, 0.717) is 13.2 Å². The van der Waals surface area contributed by atoms with E-state index < -0.39 is 0 Å². The number of ether oxygens (including phenoxy) is 2. The molecule has 1 heterocycles. The van der Waals surface area contributed by atoms with Crippen LogP contribution in [-0.2, 0) is 13.0 Å². The van der Waals surface area contributed by atoms with Crippen LogP contribution in [0.15, 0.2) is 41.7 Å². The number of nitrogens with zero attached hydrogens (tertiary/aromatic N) is 3. The van der Waals surface area contributed by atoms with Crippen molar-refractivity contribution >= 4 is 29.9 Å². The third kappa shape index (κ3) is 9.38. The SMILES string of the molecule is CCNC(=NCCCn1cccn1)NCCc1ccc(OCC)c(OCC)c1.I. The molecule has 7 nitrogen and oxygen atoms in total. The summed E-state index contributed by atoms with van der Waals surface area (Å²) in [5.41, 5.74) is 1.20. The normalized spacial score (nSPS) is 10.9. The summed E-state index contributed by atoms with van der Waals surface area (Å²) in [4.78, 5) is 4.64. The zero-order valence-electron chi connectivity index (χ0n) is 17.7. The minimum Gasteiger partial charge on any atom is -0.490 e. The van der Waals surface area contributed by atoms with E-state index in [2.05, 4.69) is 39.8 Å². The van der Waals surface area contributed by atoms with Crippen molar-refractivity contribution in [3.05, 3.63) is 42.2 Å². The van der Waals surface area contributed by atoms with Gasteiger partial charge in [0.25, 0.3) is 0 Å². The van der Waals surface area contributed by atoms with Gasteiger partial charge in [-0.05, 0) is 57.4 Å². The first-order valence-corrected chi connectivity index (χ1v) is 10.1. The van der Waals surface area contributed by atoms with Crippen LogP contribution in [0.2, 0.25) is 0 Å². The largest absolute Gasteiger partial charge is 0.490 e. The van der Waals surface area contributed by atoms with Crippen LogP contribution < -0.4 is 20.1 Å². The molecule has 8 heteroatoms. The van der Waals surface area contributed by atoms with Gasteiger partial charge in [0.2, 0.25) is 0 Å². The van der Waals surface area contributed by atoms with Crippen LogP contribution in [0, 0.1) is 0 Å². The van der Waals surface area contributed by atoms with Crippen molar-refractivity contribution < 1.29 is 9.47 Å². The smallest absolute Gasteiger partial charge is 0.191 e. The third-order valence-electron chi connectivity index (χ3n) is 4.03. The number of aryl methyl sites for hydroxylation is 1. The van der Waals surface area contributed by atoms with E-state index in [0.717, 1.165) is 56.5 Å². The number of nitrogens with one attached hydrogen (secondary N) is 2. The molecule has 0 bridgehead atoms. The molecule has 0 spiro atoms. The average molecular weight is 515 g/mol. The van der Waals surface area contributed by atoms with Crippen molar-refractivity contribution in [1.82, 2.24) is 20.4 Å². The maximum absolute atomic E-state index is 5.70. The molecule has 0 aliphatic rings. The predicted octanol–water partition coefficient (Wildman–Crippen LogP) is 3.49. The molecule has 2 aromatic rings. The van der Waals surface area contributed by atoms with E-state index in [4.69, 9.17) is 9.47 Å². The van der Waals surface area contributed by atoms with Gasteiger partial charge in [-0.3, -0.25) is 9.67 Å². The van der Waals surface area contributed by atoms with E-state index in [1.165, 1.54) is 5.56 Å². The fraction of sp³-hybridized carbons (Fsp3) is 0.524. The first kappa shape index (κ1) is 25.1. The highest BCUT2D eigenvalue weighted by molar-refractivity contribution is 14.0. The van der Waals surface area contributed by atoms with Crippen LogP contribution in [0.1, 0.15) is 32.8 Å². The molecule has 2 rings (SSSR count). The molecular formula is C21H34IN5O2. The second-order valence-corrected chi connectivity index (χ2v) is 6.21. The summed E-state index contributed by atoms with van der Waals surface area (Å²) >= 11 is 0. The molecule has 0 atom stereocenters. The lowest BCUT2D eigenvalue weighted by molar-refractivity contribution is 0.287. The quantitative estimate of drug-likeness (QED) is 0.196. The molecule has 1 aromatic heterocycles. The predicted molar refractivity (Wildman–Crippen MR) is 129 cm³/mol. The zero-order chi connectivity index (χ0) is 20.0. The molecular weight excluding hydrogens is 481 g/mol. The minimum absolute atomic E-state index is 0. The highest BCUT2D eigenvalue weighted by atomic mass is 127. The van der Waals surface area contributed by atoms with E-state index in [1.807, 2.05) is 36.9 Å². The highest BCUT2D eigenvalue weighted by Gasteiger charge is 2.06. The number of halogens is 1. The number of aromatic nitrogens is 2. The lowest BCUT2D eigenvalue weighted by atomic mass is 10.1. The van der Waals surface area contributed by atoms with Gasteiger partial charge in [0.15, 0.2) is 17.5 Å².